The van der Waals surface area contributed by atoms with Crippen LogP contribution in [0.2, 0.25) is 0 Å². The number of carbonyl (C=O) groups excluding carboxylic acids is 1. The number of hydrogen-bond donors (Lipinski definition) is 2. The monoisotopic (exact) mass is 607 g/mol. The number of benzene rings is 1. The lowest BCUT2D eigenvalue weighted by molar-refractivity contribution is -0.150. The fourth-order valence-corrected chi connectivity index (χ4v) is 8.57. The average Bonchev–Trinajstić information content (AvgIpc) is 3.35. The van der Waals surface area contributed by atoms with Crippen molar-refractivity contribution in [3.8, 4) is 11.5 Å². The van der Waals surface area contributed by atoms with Crippen LogP contribution in [0, 0.1) is 0 Å². The maximum absolute atomic E-state index is 13.0. The zero-order valence-corrected chi connectivity index (χ0v) is 27.5. The fourth-order valence-electron chi connectivity index (χ4n) is 8.57. The summed E-state index contributed by atoms with van der Waals surface area (Å²) >= 11 is 0. The predicted molar refractivity (Wildman–Crippen MR) is 176 cm³/mol. The summed E-state index contributed by atoms with van der Waals surface area (Å²) < 4.78 is 12.4. The number of allylic oxidation sites excluding steroid dienone is 2. The first-order valence-electron chi connectivity index (χ1n) is 17.9. The van der Waals surface area contributed by atoms with Crippen molar-refractivity contribution < 1.29 is 24.5 Å². The van der Waals surface area contributed by atoms with E-state index < -0.39 is 17.1 Å². The van der Waals surface area contributed by atoms with Crippen molar-refractivity contribution in [1.29, 1.82) is 0 Å². The number of phenolic OH excluding ortho intramolecular Hbond substituents is 1. The Hall–Kier alpha value is -2.31. The molecule has 2 aliphatic carbocycles. The van der Waals surface area contributed by atoms with Crippen LogP contribution in [-0.4, -0.2) is 52.4 Å². The molecule has 2 heterocycles. The van der Waals surface area contributed by atoms with E-state index in [0.717, 1.165) is 49.8 Å². The van der Waals surface area contributed by atoms with Crippen molar-refractivity contribution in [2.75, 3.05) is 13.6 Å². The van der Waals surface area contributed by atoms with E-state index >= 15 is 0 Å². The first-order valence-corrected chi connectivity index (χ1v) is 17.9. The number of phenols is 1. The second kappa shape index (κ2) is 15.3. The molecule has 0 unspecified atom stereocenters. The number of aliphatic hydroxyl groups is 1. The minimum Gasteiger partial charge on any atom is -0.504 e. The summed E-state index contributed by atoms with van der Waals surface area (Å²) in [5.41, 5.74) is 0.283. The van der Waals surface area contributed by atoms with Gasteiger partial charge in [-0.25, -0.2) is 0 Å². The van der Waals surface area contributed by atoms with Gasteiger partial charge in [0.1, 0.15) is 5.76 Å². The second-order valence-corrected chi connectivity index (χ2v) is 14.0. The molecule has 0 aromatic heterocycles. The van der Waals surface area contributed by atoms with Gasteiger partial charge in [0.2, 0.25) is 0 Å². The van der Waals surface area contributed by atoms with Gasteiger partial charge in [0.05, 0.1) is 11.0 Å². The largest absolute Gasteiger partial charge is 0.504 e. The number of nitrogens with zero attached hydrogens (tertiary/aromatic N) is 1. The highest BCUT2D eigenvalue weighted by molar-refractivity contribution is 5.71. The van der Waals surface area contributed by atoms with Crippen LogP contribution in [0.5, 0.6) is 11.5 Å². The number of ether oxygens (including phenoxy) is 2. The zero-order valence-electron chi connectivity index (χ0n) is 27.5. The van der Waals surface area contributed by atoms with E-state index in [2.05, 4.69) is 31.0 Å². The number of likely N-dealkylation sites (tertiary alicyclic amines) is 1. The second-order valence-electron chi connectivity index (χ2n) is 14.0. The Morgan fingerprint density at radius 3 is 2.36 bits per heavy atom. The summed E-state index contributed by atoms with van der Waals surface area (Å²) in [6.07, 6.45) is 27.8. The molecule has 2 N–H and O–H groups in total. The Morgan fingerprint density at radius 1 is 1.00 bits per heavy atom. The number of unbranched alkanes of at least 4 members (excludes halogenated alkanes) is 13. The molecule has 0 radical (unpaired) electrons. The number of likely N-dealkylation sites (N-methyl/N-ethyl adjacent to an activating group) is 1. The van der Waals surface area contributed by atoms with Crippen LogP contribution in [-0.2, 0) is 21.4 Å². The first kappa shape index (κ1) is 33.1. The van der Waals surface area contributed by atoms with Gasteiger partial charge < -0.3 is 24.6 Å². The molecule has 1 aromatic rings. The predicted octanol–water partition coefficient (Wildman–Crippen LogP) is 8.42. The zero-order chi connectivity index (χ0) is 31.0. The smallest absolute Gasteiger partial charge is 0.310 e. The maximum atomic E-state index is 13.0. The minimum atomic E-state index is -1.05. The van der Waals surface area contributed by atoms with Gasteiger partial charge in [-0.05, 0) is 82.7 Å². The molecule has 244 valence electrons. The van der Waals surface area contributed by atoms with Crippen molar-refractivity contribution >= 4 is 5.97 Å². The third-order valence-corrected chi connectivity index (χ3v) is 11.0. The molecule has 6 heteroatoms. The summed E-state index contributed by atoms with van der Waals surface area (Å²) in [7, 11) is 2.09. The molecule has 2 bridgehead atoms. The summed E-state index contributed by atoms with van der Waals surface area (Å²) in [5.74, 6) is 0.832. The lowest BCUT2D eigenvalue weighted by Crippen LogP contribution is -2.69. The van der Waals surface area contributed by atoms with Crippen LogP contribution >= 0.6 is 0 Å². The van der Waals surface area contributed by atoms with E-state index in [0.29, 0.717) is 30.8 Å². The fraction of sp³-hybridized carbons (Fsp3) is 0.711. The van der Waals surface area contributed by atoms with Crippen molar-refractivity contribution in [1.82, 2.24) is 4.90 Å². The third-order valence-electron chi connectivity index (χ3n) is 11.0. The van der Waals surface area contributed by atoms with Crippen molar-refractivity contribution in [3.63, 3.8) is 0 Å². The quantitative estimate of drug-likeness (QED) is 0.0991. The lowest BCUT2D eigenvalue weighted by Gasteiger charge is -2.56. The first-order chi connectivity index (χ1) is 21.4. The Bertz CT molecular complexity index is 1180. The molecule has 4 aliphatic rings. The Morgan fingerprint density at radius 2 is 1.66 bits per heavy atom. The Balaban J connectivity index is 1.02. The summed E-state index contributed by atoms with van der Waals surface area (Å²) in [6.45, 7) is 3.16. The van der Waals surface area contributed by atoms with E-state index in [1.165, 1.54) is 77.0 Å². The van der Waals surface area contributed by atoms with Crippen LogP contribution in [0.1, 0.15) is 140 Å². The molecule has 0 amide bonds. The van der Waals surface area contributed by atoms with Crippen LogP contribution in [0.4, 0.5) is 0 Å². The number of carbonyl (C=O) groups is 1. The summed E-state index contributed by atoms with van der Waals surface area (Å²) in [6, 6.07) is 3.62. The van der Waals surface area contributed by atoms with Crippen LogP contribution < -0.4 is 4.74 Å². The molecule has 1 spiro atoms. The van der Waals surface area contributed by atoms with Crippen LogP contribution in [0.15, 0.2) is 36.1 Å². The maximum Gasteiger partial charge on any atom is 0.310 e. The standard InChI is InChI=1S/C38H57NO5/c1-3-4-5-6-7-8-9-10-11-12-13-14-15-16-17-18-19-21-33(41)43-31-24-26-38(42)32-28-29-22-23-30(40)35-34(29)37(38,36(31)44-35)25-20-27-39(32)2/h10-11,22-24,32,36,40,42H,3-9,12-21,25-28H2,1-2H3/b11-10-/t32-,36+,37+,38-/m1/s1. The minimum absolute atomic E-state index is 0.0565. The number of hydrogen-bond acceptors (Lipinski definition) is 6. The van der Waals surface area contributed by atoms with Gasteiger partial charge in [-0.2, -0.15) is 0 Å². The van der Waals surface area contributed by atoms with E-state index in [-0.39, 0.29) is 17.8 Å². The van der Waals surface area contributed by atoms with Gasteiger partial charge in [0.25, 0.3) is 0 Å². The third kappa shape index (κ3) is 6.77. The molecular weight excluding hydrogens is 550 g/mol. The molecule has 1 aromatic carbocycles. The molecule has 1 fully saturated rings. The molecule has 5 rings (SSSR count). The molecule has 44 heavy (non-hydrogen) atoms. The molecule has 6 nitrogen and oxygen atoms in total. The van der Waals surface area contributed by atoms with Crippen molar-refractivity contribution in [2.45, 2.75) is 159 Å². The van der Waals surface area contributed by atoms with Crippen LogP contribution in [0.25, 0.3) is 0 Å². The topological polar surface area (TPSA) is 79.2 Å². The van der Waals surface area contributed by atoms with Gasteiger partial charge in [-0.15, -0.1) is 0 Å². The Kier molecular flexibility index (Phi) is 11.5. The highest BCUT2D eigenvalue weighted by Gasteiger charge is 2.71. The summed E-state index contributed by atoms with van der Waals surface area (Å²) in [4.78, 5) is 15.3. The molecule has 4 atom stereocenters. The summed E-state index contributed by atoms with van der Waals surface area (Å²) in [5, 5.41) is 23.1. The highest BCUT2D eigenvalue weighted by Crippen LogP contribution is 2.64. The lowest BCUT2D eigenvalue weighted by atomic mass is 9.52. The van der Waals surface area contributed by atoms with E-state index in [9.17, 15) is 15.0 Å². The van der Waals surface area contributed by atoms with E-state index in [4.69, 9.17) is 9.47 Å². The Labute approximate surface area is 265 Å². The highest BCUT2D eigenvalue weighted by atomic mass is 16.6. The van der Waals surface area contributed by atoms with Gasteiger partial charge in [-0.3, -0.25) is 4.79 Å². The number of aromatic hydroxyl groups is 1. The van der Waals surface area contributed by atoms with E-state index in [1.54, 1.807) is 6.07 Å². The SMILES string of the molecule is CCCCCCCC/C=C\CCCCCCCCCC(=O)OC1=CC[C@@]2(O)[C@H]3Cc4ccc(O)c5c4[C@@]2(CCCN3C)[C@H]1O5. The average molecular weight is 608 g/mol. The number of esters is 1. The molecule has 1 saturated heterocycles. The van der Waals surface area contributed by atoms with Crippen molar-refractivity contribution in [2.24, 2.45) is 0 Å². The molecule has 2 aliphatic heterocycles. The molecule has 0 saturated carbocycles. The normalized spacial score (nSPS) is 27.1. The van der Waals surface area contributed by atoms with Gasteiger partial charge in [0, 0.05) is 24.4 Å². The van der Waals surface area contributed by atoms with Gasteiger partial charge in [0.15, 0.2) is 17.6 Å². The van der Waals surface area contributed by atoms with E-state index in [1.807, 2.05) is 12.1 Å². The number of rotatable bonds is 18. The van der Waals surface area contributed by atoms with Gasteiger partial charge in [-0.1, -0.05) is 89.4 Å². The van der Waals surface area contributed by atoms with Crippen LogP contribution in [0.3, 0.4) is 0 Å². The molecular formula is C38H57NO5. The van der Waals surface area contributed by atoms with Crippen molar-refractivity contribution in [3.05, 3.63) is 47.2 Å². The van der Waals surface area contributed by atoms with Gasteiger partial charge >= 0.3 is 5.97 Å².